The van der Waals surface area contributed by atoms with Gasteiger partial charge in [0.25, 0.3) is 0 Å². The van der Waals surface area contributed by atoms with E-state index in [0.29, 0.717) is 12.3 Å². The second-order valence-corrected chi connectivity index (χ2v) is 8.86. The van der Waals surface area contributed by atoms with Crippen LogP contribution in [0.15, 0.2) is 47.4 Å². The quantitative estimate of drug-likeness (QED) is 0.490. The molecule has 1 saturated heterocycles. The smallest absolute Gasteiger partial charge is 0.182 e. The number of carbonyl (C=O) groups excluding carboxylic acids is 1. The van der Waals surface area contributed by atoms with E-state index < -0.39 is 0 Å². The molecule has 0 radical (unpaired) electrons. The second kappa shape index (κ2) is 9.81. The molecule has 0 saturated carbocycles. The second-order valence-electron chi connectivity index (χ2n) is 7.72. The number of rotatable bonds is 7. The number of benzene rings is 2. The maximum atomic E-state index is 13.1. The van der Waals surface area contributed by atoms with E-state index in [2.05, 4.69) is 14.1 Å². The summed E-state index contributed by atoms with van der Waals surface area (Å²) >= 11 is 1.66. The molecular formula is C23H28FN3O2S. The van der Waals surface area contributed by atoms with Gasteiger partial charge >= 0.3 is 0 Å². The standard InChI is InChI=1S/C23H28FN3O2S/c1-29-21-5-4-6-22-23(21)20(28)17-27(30-22)12-3-2-11-25-13-15-26(16-14-25)19-9-7-18(24)8-10-19/h4-10H,2-3,11-17H2,1H3. The van der Waals surface area contributed by atoms with Gasteiger partial charge in [-0.25, -0.2) is 8.70 Å². The van der Waals surface area contributed by atoms with E-state index in [1.54, 1.807) is 19.1 Å². The molecule has 0 bridgehead atoms. The molecule has 2 aliphatic heterocycles. The molecule has 0 spiro atoms. The molecule has 0 amide bonds. The van der Waals surface area contributed by atoms with Gasteiger partial charge in [0.05, 0.1) is 19.2 Å². The third-order valence-electron chi connectivity index (χ3n) is 5.73. The summed E-state index contributed by atoms with van der Waals surface area (Å²) in [5.41, 5.74) is 1.82. The zero-order valence-corrected chi connectivity index (χ0v) is 18.2. The molecule has 1 fully saturated rings. The lowest BCUT2D eigenvalue weighted by Crippen LogP contribution is -2.46. The van der Waals surface area contributed by atoms with Crippen LogP contribution in [0.25, 0.3) is 0 Å². The van der Waals surface area contributed by atoms with Crippen LogP contribution >= 0.6 is 11.9 Å². The number of piperazine rings is 1. The number of carbonyl (C=O) groups is 1. The fraction of sp³-hybridized carbons (Fsp3) is 0.435. The largest absolute Gasteiger partial charge is 0.496 e. The highest BCUT2D eigenvalue weighted by molar-refractivity contribution is 7.97. The summed E-state index contributed by atoms with van der Waals surface area (Å²) in [7, 11) is 1.61. The fourth-order valence-electron chi connectivity index (χ4n) is 4.07. The Kier molecular flexibility index (Phi) is 6.92. The Morgan fingerprint density at radius 2 is 1.73 bits per heavy atom. The van der Waals surface area contributed by atoms with E-state index in [-0.39, 0.29) is 11.6 Å². The third kappa shape index (κ3) is 4.96. The van der Waals surface area contributed by atoms with Crippen LogP contribution in [0, 0.1) is 5.82 Å². The van der Waals surface area contributed by atoms with Crippen LogP contribution in [-0.2, 0) is 0 Å². The van der Waals surface area contributed by atoms with Crippen LogP contribution in [0.3, 0.4) is 0 Å². The average Bonchev–Trinajstić information content (AvgIpc) is 2.77. The van der Waals surface area contributed by atoms with Crippen molar-refractivity contribution in [3.05, 3.63) is 53.8 Å². The van der Waals surface area contributed by atoms with Gasteiger partial charge in [-0.05, 0) is 67.7 Å². The molecule has 5 nitrogen and oxygen atoms in total. The number of methoxy groups -OCH3 is 1. The summed E-state index contributed by atoms with van der Waals surface area (Å²) in [6.07, 6.45) is 2.19. The lowest BCUT2D eigenvalue weighted by molar-refractivity contribution is 0.0958. The molecule has 2 aromatic carbocycles. The topological polar surface area (TPSA) is 36.0 Å². The Bertz CT molecular complexity index is 869. The fourth-order valence-corrected chi connectivity index (χ4v) is 5.20. The van der Waals surface area contributed by atoms with Crippen molar-refractivity contribution < 1.29 is 13.9 Å². The molecule has 30 heavy (non-hydrogen) atoms. The van der Waals surface area contributed by atoms with Crippen LogP contribution in [0.5, 0.6) is 5.75 Å². The number of ether oxygens (including phenoxy) is 1. The molecular weight excluding hydrogens is 401 g/mol. The van der Waals surface area contributed by atoms with Gasteiger partial charge in [0, 0.05) is 43.3 Å². The van der Waals surface area contributed by atoms with Gasteiger partial charge in [-0.1, -0.05) is 6.07 Å². The highest BCUT2D eigenvalue weighted by Gasteiger charge is 2.27. The molecule has 0 aliphatic carbocycles. The van der Waals surface area contributed by atoms with E-state index in [4.69, 9.17) is 4.74 Å². The Labute approximate surface area is 181 Å². The first-order valence-corrected chi connectivity index (χ1v) is 11.3. The van der Waals surface area contributed by atoms with Crippen molar-refractivity contribution in [3.63, 3.8) is 0 Å². The van der Waals surface area contributed by atoms with E-state index in [0.717, 1.165) is 68.3 Å². The van der Waals surface area contributed by atoms with Crippen molar-refractivity contribution in [2.45, 2.75) is 17.7 Å². The summed E-state index contributed by atoms with van der Waals surface area (Å²) in [5.74, 6) is 0.621. The number of nitrogens with zero attached hydrogens (tertiary/aromatic N) is 3. The van der Waals surface area contributed by atoms with E-state index >= 15 is 0 Å². The van der Waals surface area contributed by atoms with Crippen LogP contribution in [0.1, 0.15) is 23.2 Å². The normalized spacial score (nSPS) is 17.8. The van der Waals surface area contributed by atoms with Gasteiger partial charge in [-0.3, -0.25) is 9.69 Å². The van der Waals surface area contributed by atoms with E-state index in [9.17, 15) is 9.18 Å². The van der Waals surface area contributed by atoms with Crippen LogP contribution in [-0.4, -0.2) is 67.9 Å². The number of hydrogen-bond donors (Lipinski definition) is 0. The number of unbranched alkanes of at least 4 members (excludes halogenated alkanes) is 1. The molecule has 0 N–H and O–H groups in total. The first-order chi connectivity index (χ1) is 14.6. The van der Waals surface area contributed by atoms with Gasteiger partial charge in [0.1, 0.15) is 11.6 Å². The van der Waals surface area contributed by atoms with Gasteiger partial charge in [0.15, 0.2) is 5.78 Å². The maximum absolute atomic E-state index is 13.1. The Morgan fingerprint density at radius 3 is 2.47 bits per heavy atom. The third-order valence-corrected chi connectivity index (χ3v) is 6.84. The first-order valence-electron chi connectivity index (χ1n) is 10.5. The molecule has 4 rings (SSSR count). The minimum Gasteiger partial charge on any atom is -0.496 e. The monoisotopic (exact) mass is 429 g/mol. The number of Topliss-reactive ketones (excluding diaryl/α,β-unsaturated/α-hetero) is 1. The number of fused-ring (bicyclic) bond motifs is 1. The summed E-state index contributed by atoms with van der Waals surface area (Å²) in [6.45, 7) is 6.43. The van der Waals surface area contributed by atoms with Gasteiger partial charge < -0.3 is 9.64 Å². The summed E-state index contributed by atoms with van der Waals surface area (Å²) in [4.78, 5) is 18.4. The molecule has 0 aromatic heterocycles. The Morgan fingerprint density at radius 1 is 1.00 bits per heavy atom. The first kappa shape index (κ1) is 21.2. The Hall–Kier alpha value is -2.09. The highest BCUT2D eigenvalue weighted by atomic mass is 32.2. The van der Waals surface area contributed by atoms with Gasteiger partial charge in [-0.15, -0.1) is 0 Å². The highest BCUT2D eigenvalue weighted by Crippen LogP contribution is 2.36. The molecule has 2 aliphatic rings. The zero-order valence-electron chi connectivity index (χ0n) is 17.3. The molecule has 160 valence electrons. The van der Waals surface area contributed by atoms with E-state index in [1.165, 1.54) is 12.1 Å². The predicted octanol–water partition coefficient (Wildman–Crippen LogP) is 3.94. The van der Waals surface area contributed by atoms with Crippen LogP contribution in [0.4, 0.5) is 10.1 Å². The number of hydrogen-bond acceptors (Lipinski definition) is 6. The van der Waals surface area contributed by atoms with Crippen LogP contribution < -0.4 is 9.64 Å². The van der Waals surface area contributed by atoms with Crippen molar-refractivity contribution >= 4 is 23.4 Å². The van der Waals surface area contributed by atoms with Gasteiger partial charge in [-0.2, -0.15) is 0 Å². The SMILES string of the molecule is COc1cccc2c1C(=O)CN(CCCCN1CCN(c3ccc(F)cc3)CC1)S2. The molecule has 2 heterocycles. The summed E-state index contributed by atoms with van der Waals surface area (Å²) in [6, 6.07) is 12.6. The minimum atomic E-state index is -0.186. The predicted molar refractivity (Wildman–Crippen MR) is 119 cm³/mol. The van der Waals surface area contributed by atoms with Crippen molar-refractivity contribution in [1.29, 1.82) is 0 Å². The molecule has 2 aromatic rings. The molecule has 0 atom stereocenters. The van der Waals surface area contributed by atoms with Crippen molar-refractivity contribution in [1.82, 2.24) is 9.21 Å². The number of halogens is 1. The maximum Gasteiger partial charge on any atom is 0.182 e. The van der Waals surface area contributed by atoms with Crippen molar-refractivity contribution in [3.8, 4) is 5.75 Å². The zero-order chi connectivity index (χ0) is 20.9. The Balaban J connectivity index is 1.18. The van der Waals surface area contributed by atoms with Crippen LogP contribution in [0.2, 0.25) is 0 Å². The molecule has 7 heteroatoms. The van der Waals surface area contributed by atoms with Crippen molar-refractivity contribution in [2.75, 3.05) is 57.8 Å². The van der Waals surface area contributed by atoms with E-state index in [1.807, 2.05) is 30.3 Å². The number of ketones is 1. The minimum absolute atomic E-state index is 0.137. The lowest BCUT2D eigenvalue weighted by atomic mass is 10.1. The summed E-state index contributed by atoms with van der Waals surface area (Å²) in [5, 5.41) is 0. The number of anilines is 1. The lowest BCUT2D eigenvalue weighted by Gasteiger charge is -2.36. The average molecular weight is 430 g/mol. The van der Waals surface area contributed by atoms with Gasteiger partial charge in [0.2, 0.25) is 0 Å². The molecule has 0 unspecified atom stereocenters. The van der Waals surface area contributed by atoms with Crippen molar-refractivity contribution in [2.24, 2.45) is 0 Å². The summed E-state index contributed by atoms with van der Waals surface area (Å²) < 4.78 is 20.6.